The monoisotopic (exact) mass is 406 g/mol. The summed E-state index contributed by atoms with van der Waals surface area (Å²) in [6.45, 7) is 12.5. The predicted molar refractivity (Wildman–Crippen MR) is 113 cm³/mol. The summed E-state index contributed by atoms with van der Waals surface area (Å²) >= 11 is 0. The van der Waals surface area contributed by atoms with Crippen molar-refractivity contribution in [2.24, 2.45) is 0 Å². The number of pyridine rings is 1. The summed E-state index contributed by atoms with van der Waals surface area (Å²) < 4.78 is 7.48. The van der Waals surface area contributed by atoms with Crippen LogP contribution in [0.1, 0.15) is 64.0 Å². The molecule has 9 heteroatoms. The largest absolute Gasteiger partial charge is 0.443 e. The number of nitrogens with zero attached hydrogens (tertiary/aromatic N) is 4. The van der Waals surface area contributed by atoms with E-state index in [4.69, 9.17) is 15.5 Å². The molecule has 0 radical (unpaired) electrons. The summed E-state index contributed by atoms with van der Waals surface area (Å²) in [4.78, 5) is 21.2. The van der Waals surface area contributed by atoms with E-state index >= 15 is 0 Å². The molecule has 0 saturated heterocycles. The van der Waals surface area contributed by atoms with Crippen molar-refractivity contribution in [1.29, 1.82) is 0 Å². The molecular weight excluding hydrogens is 372 g/mol. The minimum atomic E-state index is -0.625. The fraction of sp³-hybridized carbons (Fsp3) is 0.650. The van der Waals surface area contributed by atoms with Gasteiger partial charge in [0.2, 0.25) is 0 Å². The van der Waals surface area contributed by atoms with Gasteiger partial charge in [0.05, 0.1) is 5.52 Å². The number of hydrazine groups is 1. The Morgan fingerprint density at radius 1 is 1.28 bits per heavy atom. The van der Waals surface area contributed by atoms with E-state index in [1.165, 1.54) is 0 Å². The Morgan fingerprint density at radius 2 is 1.97 bits per heavy atom. The topological polar surface area (TPSA) is 119 Å². The molecule has 0 aliphatic carbocycles. The average Bonchev–Trinajstić information content (AvgIpc) is 2.97. The Bertz CT molecular complexity index is 856. The van der Waals surface area contributed by atoms with Gasteiger partial charge in [0.15, 0.2) is 5.82 Å². The maximum Gasteiger partial charge on any atom is 0.426 e. The number of nitrogens with one attached hydrogen (secondary N) is 1. The molecule has 0 unspecified atom stereocenters. The SMILES string of the molecule is CCCc1nc2c(N)nc(C)c(C)c2n1CCCCN(NO)C(=O)OC(C)(C)C. The van der Waals surface area contributed by atoms with Crippen LogP contribution in [-0.2, 0) is 17.7 Å². The van der Waals surface area contributed by atoms with Crippen LogP contribution in [0.2, 0.25) is 0 Å². The van der Waals surface area contributed by atoms with Crippen molar-refractivity contribution in [3.05, 3.63) is 17.1 Å². The smallest absolute Gasteiger partial charge is 0.426 e. The van der Waals surface area contributed by atoms with E-state index in [2.05, 4.69) is 16.5 Å². The number of anilines is 1. The van der Waals surface area contributed by atoms with Crippen LogP contribution in [-0.4, -0.2) is 43.0 Å². The zero-order valence-electron chi connectivity index (χ0n) is 18.4. The van der Waals surface area contributed by atoms with Crippen LogP contribution in [0.5, 0.6) is 0 Å². The molecule has 0 aromatic carbocycles. The van der Waals surface area contributed by atoms with Gasteiger partial charge in [-0.25, -0.2) is 19.8 Å². The van der Waals surface area contributed by atoms with E-state index in [0.717, 1.165) is 58.9 Å². The summed E-state index contributed by atoms with van der Waals surface area (Å²) in [6, 6.07) is 0. The van der Waals surface area contributed by atoms with E-state index in [9.17, 15) is 10.0 Å². The minimum Gasteiger partial charge on any atom is -0.443 e. The van der Waals surface area contributed by atoms with E-state index in [1.54, 1.807) is 20.8 Å². The summed E-state index contributed by atoms with van der Waals surface area (Å²) in [6.07, 6.45) is 2.70. The molecule has 1 amide bonds. The Morgan fingerprint density at radius 3 is 2.55 bits per heavy atom. The van der Waals surface area contributed by atoms with Crippen molar-refractivity contribution in [1.82, 2.24) is 25.1 Å². The molecule has 4 N–H and O–H groups in total. The lowest BCUT2D eigenvalue weighted by molar-refractivity contribution is -0.0446. The molecule has 0 aliphatic heterocycles. The van der Waals surface area contributed by atoms with Crippen molar-refractivity contribution in [2.45, 2.75) is 79.4 Å². The maximum atomic E-state index is 12.1. The summed E-state index contributed by atoms with van der Waals surface area (Å²) in [7, 11) is 0. The number of aromatic nitrogens is 3. The predicted octanol–water partition coefficient (Wildman–Crippen LogP) is 3.49. The molecule has 0 spiro atoms. The van der Waals surface area contributed by atoms with E-state index < -0.39 is 11.7 Å². The lowest BCUT2D eigenvalue weighted by Gasteiger charge is -2.25. The fourth-order valence-corrected chi connectivity index (χ4v) is 3.24. The number of carbonyl (C=O) groups is 1. The lowest BCUT2D eigenvalue weighted by Crippen LogP contribution is -2.44. The van der Waals surface area contributed by atoms with Crippen molar-refractivity contribution < 1.29 is 14.7 Å². The Hall–Kier alpha value is -2.39. The highest BCUT2D eigenvalue weighted by atomic mass is 16.6. The van der Waals surface area contributed by atoms with Crippen molar-refractivity contribution in [3.63, 3.8) is 0 Å². The van der Waals surface area contributed by atoms with Gasteiger partial charge in [-0.1, -0.05) is 6.92 Å². The van der Waals surface area contributed by atoms with Gasteiger partial charge in [0.1, 0.15) is 16.9 Å². The van der Waals surface area contributed by atoms with Crippen LogP contribution in [0.25, 0.3) is 11.0 Å². The molecular formula is C20H34N6O3. The molecule has 2 aromatic rings. The highest BCUT2D eigenvalue weighted by Crippen LogP contribution is 2.27. The molecule has 162 valence electrons. The Balaban J connectivity index is 2.12. The molecule has 0 fully saturated rings. The van der Waals surface area contributed by atoms with Gasteiger partial charge in [-0.15, -0.1) is 5.59 Å². The molecule has 0 aliphatic rings. The number of imidazole rings is 1. The number of hydrogen-bond acceptors (Lipinski definition) is 7. The summed E-state index contributed by atoms with van der Waals surface area (Å²) in [5.74, 6) is 1.45. The second-order valence-corrected chi connectivity index (χ2v) is 8.27. The van der Waals surface area contributed by atoms with Crippen LogP contribution in [0.3, 0.4) is 0 Å². The minimum absolute atomic E-state index is 0.322. The van der Waals surface area contributed by atoms with Crippen molar-refractivity contribution >= 4 is 22.9 Å². The lowest BCUT2D eigenvalue weighted by atomic mass is 10.2. The van der Waals surface area contributed by atoms with Crippen LogP contribution < -0.4 is 11.3 Å². The van der Waals surface area contributed by atoms with Crippen LogP contribution in [0, 0.1) is 13.8 Å². The molecule has 0 bridgehead atoms. The molecule has 0 atom stereocenters. The van der Waals surface area contributed by atoms with Crippen molar-refractivity contribution in [3.8, 4) is 0 Å². The van der Waals surface area contributed by atoms with Gasteiger partial charge in [-0.2, -0.15) is 0 Å². The average molecular weight is 407 g/mol. The van der Waals surface area contributed by atoms with E-state index in [1.807, 2.05) is 19.4 Å². The molecule has 2 heterocycles. The van der Waals surface area contributed by atoms with Gasteiger partial charge < -0.3 is 15.0 Å². The molecule has 2 rings (SSSR count). The number of carbonyl (C=O) groups excluding carboxylic acids is 1. The number of hydrogen-bond donors (Lipinski definition) is 3. The number of unbranched alkanes of at least 4 members (excludes halogenated alkanes) is 1. The van der Waals surface area contributed by atoms with Gasteiger partial charge in [-0.05, 0) is 59.4 Å². The molecule has 2 aromatic heterocycles. The number of amides is 1. The molecule has 29 heavy (non-hydrogen) atoms. The number of nitrogen functional groups attached to an aromatic ring is 1. The van der Waals surface area contributed by atoms with E-state index in [0.29, 0.717) is 18.8 Å². The van der Waals surface area contributed by atoms with Crippen molar-refractivity contribution in [2.75, 3.05) is 12.3 Å². The van der Waals surface area contributed by atoms with Crippen LogP contribution in [0.4, 0.5) is 10.6 Å². The zero-order valence-corrected chi connectivity index (χ0v) is 18.4. The first-order chi connectivity index (χ1) is 13.6. The Kier molecular flexibility index (Phi) is 7.43. The molecule has 9 nitrogen and oxygen atoms in total. The highest BCUT2D eigenvalue weighted by Gasteiger charge is 2.22. The quantitative estimate of drug-likeness (QED) is 0.453. The third-order valence-electron chi connectivity index (χ3n) is 4.70. The second-order valence-electron chi connectivity index (χ2n) is 8.27. The summed E-state index contributed by atoms with van der Waals surface area (Å²) in [5, 5.41) is 10.3. The van der Waals surface area contributed by atoms with Gasteiger partial charge in [0, 0.05) is 25.2 Å². The fourth-order valence-electron chi connectivity index (χ4n) is 3.24. The number of fused-ring (bicyclic) bond motifs is 1. The normalized spacial score (nSPS) is 11.8. The highest BCUT2D eigenvalue weighted by molar-refractivity contribution is 5.88. The van der Waals surface area contributed by atoms with E-state index in [-0.39, 0.29) is 0 Å². The third kappa shape index (κ3) is 5.57. The van der Waals surface area contributed by atoms with Gasteiger partial charge in [-0.3, -0.25) is 5.21 Å². The van der Waals surface area contributed by atoms with Gasteiger partial charge >= 0.3 is 6.09 Å². The first-order valence-corrected chi connectivity index (χ1v) is 10.1. The van der Waals surface area contributed by atoms with Crippen LogP contribution in [0.15, 0.2) is 0 Å². The first kappa shape index (κ1) is 22.9. The maximum absolute atomic E-state index is 12.1. The second kappa shape index (κ2) is 9.41. The Labute approximate surface area is 172 Å². The standard InChI is InChI=1S/C20H34N6O3/c1-7-10-15-23-16-17(13(2)14(3)22-18(16)21)25(15)11-8-9-12-26(24-28)19(27)29-20(4,5)6/h24,28H,7-12H2,1-6H3,(H2,21,22). The first-order valence-electron chi connectivity index (χ1n) is 10.1. The number of nitrogens with two attached hydrogens (primary N) is 1. The van der Waals surface area contributed by atoms with Crippen LogP contribution >= 0.6 is 0 Å². The molecule has 0 saturated carbocycles. The van der Waals surface area contributed by atoms with Gasteiger partial charge in [0.25, 0.3) is 0 Å². The number of ether oxygens (including phenoxy) is 1. The number of rotatable bonds is 8. The summed E-state index contributed by atoms with van der Waals surface area (Å²) in [5.41, 5.74) is 11.2. The third-order valence-corrected chi connectivity index (χ3v) is 4.70. The number of aryl methyl sites for hydroxylation is 4. The zero-order chi connectivity index (χ0) is 21.8.